The van der Waals surface area contributed by atoms with Gasteiger partial charge < -0.3 is 4.90 Å². The van der Waals surface area contributed by atoms with Crippen molar-refractivity contribution in [2.75, 3.05) is 18.6 Å². The number of rotatable bonds is 4. The topological polar surface area (TPSA) is 15.6 Å². The highest BCUT2D eigenvalue weighted by Crippen LogP contribution is 2.10. The molecule has 0 aliphatic carbocycles. The number of hydrogen-bond donors (Lipinski definition) is 0. The van der Waals surface area contributed by atoms with Crippen molar-refractivity contribution in [3.8, 4) is 0 Å². The van der Waals surface area contributed by atoms with Gasteiger partial charge in [-0.3, -0.25) is 4.99 Å². The fourth-order valence-corrected chi connectivity index (χ4v) is 1.57. The highest BCUT2D eigenvalue weighted by Gasteiger charge is 1.96. The molecule has 0 spiro atoms. The lowest BCUT2D eigenvalue weighted by Gasteiger charge is -2.15. The summed E-state index contributed by atoms with van der Waals surface area (Å²) >= 11 is 0. The number of anilines is 1. The van der Waals surface area contributed by atoms with Crippen molar-refractivity contribution in [2.45, 2.75) is 0 Å². The fraction of sp³-hybridized carbons (Fsp3) is 0.133. The van der Waals surface area contributed by atoms with Crippen LogP contribution >= 0.6 is 0 Å². The van der Waals surface area contributed by atoms with E-state index in [0.29, 0.717) is 6.67 Å². The van der Waals surface area contributed by atoms with E-state index in [2.05, 4.69) is 22.0 Å². The molecule has 0 atom stereocenters. The highest BCUT2D eigenvalue weighted by molar-refractivity contribution is 5.79. The summed E-state index contributed by atoms with van der Waals surface area (Å²) in [5.74, 6) is 0. The van der Waals surface area contributed by atoms with Crippen LogP contribution < -0.4 is 4.90 Å². The minimum absolute atomic E-state index is 0.666. The molecule has 0 heterocycles. The Morgan fingerprint density at radius 2 is 1.53 bits per heavy atom. The zero-order chi connectivity index (χ0) is 11.9. The predicted molar refractivity (Wildman–Crippen MR) is 73.7 cm³/mol. The Balaban J connectivity index is 1.93. The summed E-state index contributed by atoms with van der Waals surface area (Å²) in [4.78, 5) is 6.53. The summed E-state index contributed by atoms with van der Waals surface area (Å²) in [6.45, 7) is 0.666. The van der Waals surface area contributed by atoms with E-state index in [1.165, 1.54) is 5.69 Å². The lowest BCUT2D eigenvalue weighted by Crippen LogP contribution is -2.16. The van der Waals surface area contributed by atoms with Crippen molar-refractivity contribution < 1.29 is 0 Å². The van der Waals surface area contributed by atoms with Gasteiger partial charge in [-0.15, -0.1) is 0 Å². The molecule has 2 aromatic rings. The molecule has 2 rings (SSSR count). The Morgan fingerprint density at radius 1 is 0.941 bits per heavy atom. The largest absolute Gasteiger partial charge is 0.355 e. The van der Waals surface area contributed by atoms with E-state index in [-0.39, 0.29) is 0 Å². The van der Waals surface area contributed by atoms with Crippen LogP contribution in [0.4, 0.5) is 5.69 Å². The molecule has 17 heavy (non-hydrogen) atoms. The first-order valence-corrected chi connectivity index (χ1v) is 5.67. The van der Waals surface area contributed by atoms with Gasteiger partial charge in [0.2, 0.25) is 0 Å². The summed E-state index contributed by atoms with van der Waals surface area (Å²) in [5.41, 5.74) is 2.31. The molecular weight excluding hydrogens is 208 g/mol. The Hall–Kier alpha value is -2.09. The van der Waals surface area contributed by atoms with Crippen molar-refractivity contribution in [1.29, 1.82) is 0 Å². The Kier molecular flexibility index (Phi) is 3.92. The molecule has 0 saturated heterocycles. The predicted octanol–water partition coefficient (Wildman–Crippen LogP) is 3.20. The van der Waals surface area contributed by atoms with Crippen LogP contribution in [-0.4, -0.2) is 19.9 Å². The molecule has 0 aliphatic rings. The van der Waals surface area contributed by atoms with Crippen molar-refractivity contribution in [1.82, 2.24) is 0 Å². The van der Waals surface area contributed by atoms with Crippen molar-refractivity contribution in [2.24, 2.45) is 4.99 Å². The van der Waals surface area contributed by atoms with Gasteiger partial charge in [0.25, 0.3) is 0 Å². The minimum atomic E-state index is 0.666. The molecule has 0 aromatic heterocycles. The SMILES string of the molecule is CN(CN=Cc1ccccc1)c1ccccc1. The van der Waals surface area contributed by atoms with Crippen LogP contribution in [0.1, 0.15) is 5.56 Å². The summed E-state index contributed by atoms with van der Waals surface area (Å²) < 4.78 is 0. The first kappa shape index (κ1) is 11.4. The Morgan fingerprint density at radius 3 is 2.18 bits per heavy atom. The molecule has 0 bridgehead atoms. The van der Waals surface area contributed by atoms with Gasteiger partial charge in [-0.05, 0) is 17.7 Å². The molecule has 0 N–H and O–H groups in total. The van der Waals surface area contributed by atoms with Crippen LogP contribution in [0.25, 0.3) is 0 Å². The zero-order valence-corrected chi connectivity index (χ0v) is 9.95. The molecular formula is C15H16N2. The standard InChI is InChI=1S/C15H16N2/c1-17(15-10-6-3-7-11-15)13-16-12-14-8-4-2-5-9-14/h2-12H,13H2,1H3. The summed E-state index contributed by atoms with van der Waals surface area (Å²) in [6, 6.07) is 20.4. The van der Waals surface area contributed by atoms with Crippen molar-refractivity contribution in [3.05, 3.63) is 66.2 Å². The zero-order valence-electron chi connectivity index (χ0n) is 9.95. The number of nitrogens with zero attached hydrogens (tertiary/aromatic N) is 2. The van der Waals surface area contributed by atoms with E-state index in [0.717, 1.165) is 5.56 Å². The summed E-state index contributed by atoms with van der Waals surface area (Å²) in [6.07, 6.45) is 1.90. The second-order valence-corrected chi connectivity index (χ2v) is 3.90. The van der Waals surface area contributed by atoms with Crippen LogP contribution in [0.3, 0.4) is 0 Å². The van der Waals surface area contributed by atoms with Gasteiger partial charge in [-0.1, -0.05) is 48.5 Å². The van der Waals surface area contributed by atoms with Gasteiger partial charge in [-0.2, -0.15) is 0 Å². The first-order chi connectivity index (χ1) is 8.36. The molecule has 0 amide bonds. The van der Waals surface area contributed by atoms with Crippen LogP contribution in [-0.2, 0) is 0 Å². The van der Waals surface area contributed by atoms with E-state index in [1.54, 1.807) is 0 Å². The monoisotopic (exact) mass is 224 g/mol. The Bertz CT molecular complexity index is 463. The lowest BCUT2D eigenvalue weighted by molar-refractivity contribution is 0.937. The third-order valence-corrected chi connectivity index (χ3v) is 2.53. The second-order valence-electron chi connectivity index (χ2n) is 3.90. The molecule has 2 aromatic carbocycles. The van der Waals surface area contributed by atoms with E-state index in [1.807, 2.05) is 61.8 Å². The minimum Gasteiger partial charge on any atom is -0.355 e. The van der Waals surface area contributed by atoms with Gasteiger partial charge >= 0.3 is 0 Å². The molecule has 0 saturated carbocycles. The first-order valence-electron chi connectivity index (χ1n) is 5.67. The fourth-order valence-electron chi connectivity index (χ4n) is 1.57. The van der Waals surface area contributed by atoms with Crippen molar-refractivity contribution >= 4 is 11.9 Å². The summed E-state index contributed by atoms with van der Waals surface area (Å²) in [7, 11) is 2.04. The molecule has 2 nitrogen and oxygen atoms in total. The molecule has 0 unspecified atom stereocenters. The average Bonchev–Trinajstić information content (AvgIpc) is 2.41. The van der Waals surface area contributed by atoms with E-state index in [9.17, 15) is 0 Å². The number of aliphatic imine (C=N–C) groups is 1. The van der Waals surface area contributed by atoms with Gasteiger partial charge in [-0.25, -0.2) is 0 Å². The van der Waals surface area contributed by atoms with Gasteiger partial charge in [0.1, 0.15) is 6.67 Å². The quantitative estimate of drug-likeness (QED) is 0.728. The van der Waals surface area contributed by atoms with Gasteiger partial charge in [0, 0.05) is 18.9 Å². The number of benzene rings is 2. The van der Waals surface area contributed by atoms with Crippen molar-refractivity contribution in [3.63, 3.8) is 0 Å². The van der Waals surface area contributed by atoms with Crippen LogP contribution in [0.2, 0.25) is 0 Å². The van der Waals surface area contributed by atoms with Gasteiger partial charge in [0.15, 0.2) is 0 Å². The maximum absolute atomic E-state index is 4.42. The molecule has 86 valence electrons. The highest BCUT2D eigenvalue weighted by atomic mass is 15.2. The molecule has 2 heteroatoms. The van der Waals surface area contributed by atoms with Gasteiger partial charge in [0.05, 0.1) is 0 Å². The normalized spacial score (nSPS) is 10.6. The summed E-state index contributed by atoms with van der Waals surface area (Å²) in [5, 5.41) is 0. The molecule has 0 aliphatic heterocycles. The van der Waals surface area contributed by atoms with Crippen LogP contribution in [0, 0.1) is 0 Å². The van der Waals surface area contributed by atoms with Crippen LogP contribution in [0.15, 0.2) is 65.7 Å². The smallest absolute Gasteiger partial charge is 0.109 e. The maximum atomic E-state index is 4.42. The number of hydrogen-bond acceptors (Lipinski definition) is 2. The molecule has 0 fully saturated rings. The lowest BCUT2D eigenvalue weighted by atomic mass is 10.2. The van der Waals surface area contributed by atoms with E-state index in [4.69, 9.17) is 0 Å². The van der Waals surface area contributed by atoms with Crippen LogP contribution in [0.5, 0.6) is 0 Å². The third-order valence-electron chi connectivity index (χ3n) is 2.53. The third kappa shape index (κ3) is 3.45. The average molecular weight is 224 g/mol. The van der Waals surface area contributed by atoms with E-state index >= 15 is 0 Å². The molecule has 0 radical (unpaired) electrons. The Labute approximate surface area is 102 Å². The second kappa shape index (κ2) is 5.85. The number of para-hydroxylation sites is 1. The maximum Gasteiger partial charge on any atom is 0.109 e. The van der Waals surface area contributed by atoms with E-state index < -0.39 is 0 Å².